The molecule has 1 aliphatic rings. The molecule has 1 N–H and O–H groups in total. The summed E-state index contributed by atoms with van der Waals surface area (Å²) >= 11 is 0. The van der Waals surface area contributed by atoms with Crippen molar-refractivity contribution in [2.24, 2.45) is 0 Å². The van der Waals surface area contributed by atoms with E-state index in [4.69, 9.17) is 13.9 Å². The molecule has 1 aromatic carbocycles. The van der Waals surface area contributed by atoms with Gasteiger partial charge in [0.1, 0.15) is 0 Å². The van der Waals surface area contributed by atoms with Crippen LogP contribution in [0.5, 0.6) is 11.5 Å². The predicted molar refractivity (Wildman–Crippen MR) is 94.3 cm³/mol. The lowest BCUT2D eigenvalue weighted by molar-refractivity contribution is -0.134. The minimum absolute atomic E-state index is 0.0341. The van der Waals surface area contributed by atoms with Crippen LogP contribution in [0.1, 0.15) is 23.4 Å². The molecule has 0 unspecified atom stereocenters. The number of para-hydroxylation sites is 2. The van der Waals surface area contributed by atoms with Gasteiger partial charge in [0.2, 0.25) is 0 Å². The van der Waals surface area contributed by atoms with E-state index in [9.17, 15) is 9.59 Å². The zero-order chi connectivity index (χ0) is 18.4. The van der Waals surface area contributed by atoms with E-state index in [0.29, 0.717) is 43.2 Å². The third kappa shape index (κ3) is 4.36. The Kier molecular flexibility index (Phi) is 5.78. The molecule has 138 valence electrons. The second-order valence-corrected chi connectivity index (χ2v) is 6.05. The van der Waals surface area contributed by atoms with Crippen molar-refractivity contribution in [3.63, 3.8) is 0 Å². The maximum atomic E-state index is 12.3. The van der Waals surface area contributed by atoms with Crippen LogP contribution in [-0.4, -0.2) is 49.6 Å². The van der Waals surface area contributed by atoms with Gasteiger partial charge in [-0.3, -0.25) is 9.59 Å². The molecular weight excluding hydrogens is 336 g/mol. The molecule has 0 radical (unpaired) electrons. The Morgan fingerprint density at radius 2 is 1.88 bits per heavy atom. The fourth-order valence-corrected chi connectivity index (χ4v) is 2.91. The first-order chi connectivity index (χ1) is 12.7. The molecule has 0 aliphatic carbocycles. The lowest BCUT2D eigenvalue weighted by Crippen LogP contribution is -2.47. The summed E-state index contributed by atoms with van der Waals surface area (Å²) in [6.45, 7) is 1.12. The van der Waals surface area contributed by atoms with Crippen molar-refractivity contribution in [1.29, 1.82) is 0 Å². The van der Waals surface area contributed by atoms with Gasteiger partial charge in [0, 0.05) is 19.1 Å². The van der Waals surface area contributed by atoms with E-state index in [1.54, 1.807) is 36.3 Å². The van der Waals surface area contributed by atoms with Gasteiger partial charge in [-0.2, -0.15) is 0 Å². The number of ether oxygens (including phenoxy) is 2. The zero-order valence-electron chi connectivity index (χ0n) is 14.6. The Balaban J connectivity index is 1.44. The van der Waals surface area contributed by atoms with E-state index >= 15 is 0 Å². The molecule has 26 heavy (non-hydrogen) atoms. The van der Waals surface area contributed by atoms with Gasteiger partial charge in [-0.05, 0) is 37.1 Å². The number of carbonyl (C=O) groups is 2. The van der Waals surface area contributed by atoms with E-state index in [1.165, 1.54) is 6.26 Å². The van der Waals surface area contributed by atoms with E-state index in [0.717, 1.165) is 0 Å². The molecule has 7 heteroatoms. The first-order valence-corrected chi connectivity index (χ1v) is 8.55. The SMILES string of the molecule is COc1ccccc1OCC(=O)N1CCC(NC(=O)c2ccco2)CC1. The number of rotatable bonds is 6. The van der Waals surface area contributed by atoms with Crippen LogP contribution in [0.2, 0.25) is 0 Å². The largest absolute Gasteiger partial charge is 0.493 e. The molecule has 0 saturated carbocycles. The van der Waals surface area contributed by atoms with Crippen LogP contribution in [0.4, 0.5) is 0 Å². The highest BCUT2D eigenvalue weighted by atomic mass is 16.5. The Bertz CT molecular complexity index is 736. The fourth-order valence-electron chi connectivity index (χ4n) is 2.91. The van der Waals surface area contributed by atoms with Crippen LogP contribution in [0.3, 0.4) is 0 Å². The summed E-state index contributed by atoms with van der Waals surface area (Å²) in [4.78, 5) is 26.1. The van der Waals surface area contributed by atoms with Crippen molar-refractivity contribution < 1.29 is 23.5 Å². The first-order valence-electron chi connectivity index (χ1n) is 8.55. The van der Waals surface area contributed by atoms with Gasteiger partial charge >= 0.3 is 0 Å². The van der Waals surface area contributed by atoms with Crippen molar-refractivity contribution in [3.8, 4) is 11.5 Å². The van der Waals surface area contributed by atoms with Crippen molar-refractivity contribution in [2.45, 2.75) is 18.9 Å². The molecule has 1 aromatic heterocycles. The van der Waals surface area contributed by atoms with E-state index < -0.39 is 0 Å². The molecule has 2 aromatic rings. The summed E-state index contributed by atoms with van der Waals surface area (Å²) in [5.41, 5.74) is 0. The highest BCUT2D eigenvalue weighted by Gasteiger charge is 2.25. The predicted octanol–water partition coefficient (Wildman–Crippen LogP) is 2.09. The van der Waals surface area contributed by atoms with Gasteiger partial charge in [0.25, 0.3) is 11.8 Å². The van der Waals surface area contributed by atoms with Gasteiger partial charge in [0.15, 0.2) is 23.9 Å². The molecule has 3 rings (SSSR count). The van der Waals surface area contributed by atoms with Gasteiger partial charge in [-0.1, -0.05) is 12.1 Å². The Labute approximate surface area is 151 Å². The first kappa shape index (κ1) is 17.8. The number of methoxy groups -OCH3 is 1. The van der Waals surface area contributed by atoms with Gasteiger partial charge in [-0.15, -0.1) is 0 Å². The zero-order valence-corrected chi connectivity index (χ0v) is 14.6. The number of hydrogen-bond donors (Lipinski definition) is 1. The molecule has 1 aliphatic heterocycles. The molecule has 2 amide bonds. The number of benzene rings is 1. The summed E-state index contributed by atoms with van der Waals surface area (Å²) < 4.78 is 15.9. The topological polar surface area (TPSA) is 81.0 Å². The summed E-state index contributed by atoms with van der Waals surface area (Å²) in [6.07, 6.45) is 2.87. The summed E-state index contributed by atoms with van der Waals surface area (Å²) in [7, 11) is 1.56. The second-order valence-electron chi connectivity index (χ2n) is 6.05. The third-order valence-corrected chi connectivity index (χ3v) is 4.35. The molecule has 1 saturated heterocycles. The number of amides is 2. The monoisotopic (exact) mass is 358 g/mol. The van der Waals surface area contributed by atoms with E-state index in [-0.39, 0.29) is 24.5 Å². The molecule has 0 atom stereocenters. The van der Waals surface area contributed by atoms with Crippen LogP contribution in [0, 0.1) is 0 Å². The third-order valence-electron chi connectivity index (χ3n) is 4.35. The van der Waals surface area contributed by atoms with E-state index in [2.05, 4.69) is 5.32 Å². The standard InChI is InChI=1S/C19H22N2O5/c1-24-15-5-2-3-6-16(15)26-13-18(22)21-10-8-14(9-11-21)20-19(23)17-7-4-12-25-17/h2-7,12,14H,8-11,13H2,1H3,(H,20,23). The molecule has 0 bridgehead atoms. The van der Waals surface area contributed by atoms with Crippen LogP contribution in [-0.2, 0) is 4.79 Å². The van der Waals surface area contributed by atoms with Crippen LogP contribution < -0.4 is 14.8 Å². The lowest BCUT2D eigenvalue weighted by atomic mass is 10.0. The van der Waals surface area contributed by atoms with Crippen LogP contribution in [0.15, 0.2) is 47.1 Å². The lowest BCUT2D eigenvalue weighted by Gasteiger charge is -2.32. The highest BCUT2D eigenvalue weighted by molar-refractivity contribution is 5.91. The maximum absolute atomic E-state index is 12.3. The average Bonchev–Trinajstić information content (AvgIpc) is 3.22. The van der Waals surface area contributed by atoms with Gasteiger partial charge in [-0.25, -0.2) is 0 Å². The van der Waals surface area contributed by atoms with Crippen molar-refractivity contribution in [2.75, 3.05) is 26.8 Å². The Morgan fingerprint density at radius 3 is 2.54 bits per heavy atom. The van der Waals surface area contributed by atoms with Crippen LogP contribution in [0.25, 0.3) is 0 Å². The molecule has 7 nitrogen and oxygen atoms in total. The normalized spacial score (nSPS) is 14.7. The number of hydrogen-bond acceptors (Lipinski definition) is 5. The Morgan fingerprint density at radius 1 is 1.15 bits per heavy atom. The van der Waals surface area contributed by atoms with E-state index in [1.807, 2.05) is 12.1 Å². The summed E-state index contributed by atoms with van der Waals surface area (Å²) in [5.74, 6) is 1.14. The number of nitrogens with one attached hydrogen (secondary N) is 1. The summed E-state index contributed by atoms with van der Waals surface area (Å²) in [6, 6.07) is 10.6. The minimum Gasteiger partial charge on any atom is -0.493 e. The number of carbonyl (C=O) groups excluding carboxylic acids is 2. The quantitative estimate of drug-likeness (QED) is 0.855. The highest BCUT2D eigenvalue weighted by Crippen LogP contribution is 2.25. The molecule has 0 spiro atoms. The number of furan rings is 1. The fraction of sp³-hybridized carbons (Fsp3) is 0.368. The average molecular weight is 358 g/mol. The molecule has 2 heterocycles. The smallest absolute Gasteiger partial charge is 0.287 e. The minimum atomic E-state index is -0.223. The van der Waals surface area contributed by atoms with Gasteiger partial charge < -0.3 is 24.1 Å². The number of likely N-dealkylation sites (tertiary alicyclic amines) is 1. The maximum Gasteiger partial charge on any atom is 0.287 e. The second kappa shape index (κ2) is 8.42. The van der Waals surface area contributed by atoms with Crippen molar-refractivity contribution >= 4 is 11.8 Å². The van der Waals surface area contributed by atoms with Gasteiger partial charge in [0.05, 0.1) is 13.4 Å². The Hall–Kier alpha value is -2.96. The summed E-state index contributed by atoms with van der Waals surface area (Å²) in [5, 5.41) is 2.94. The van der Waals surface area contributed by atoms with Crippen molar-refractivity contribution in [1.82, 2.24) is 10.2 Å². The molecular formula is C19H22N2O5. The van der Waals surface area contributed by atoms with Crippen LogP contribution >= 0.6 is 0 Å². The number of nitrogens with zero attached hydrogens (tertiary/aromatic N) is 1. The number of piperidine rings is 1. The van der Waals surface area contributed by atoms with Crippen molar-refractivity contribution in [3.05, 3.63) is 48.4 Å². The molecule has 1 fully saturated rings.